The number of ether oxygens (including phenoxy) is 1. The van der Waals surface area contributed by atoms with Crippen LogP contribution >= 0.6 is 0 Å². The minimum absolute atomic E-state index is 0.0129. The van der Waals surface area contributed by atoms with Gasteiger partial charge in [0.15, 0.2) is 5.78 Å². The van der Waals surface area contributed by atoms with Gasteiger partial charge in [-0.05, 0) is 42.5 Å². The van der Waals surface area contributed by atoms with E-state index in [1.807, 2.05) is 13.8 Å². The van der Waals surface area contributed by atoms with Gasteiger partial charge in [0.1, 0.15) is 17.2 Å². The summed E-state index contributed by atoms with van der Waals surface area (Å²) in [4.78, 5) is 12.3. The number of benzene rings is 2. The second-order valence-corrected chi connectivity index (χ2v) is 6.28. The summed E-state index contributed by atoms with van der Waals surface area (Å²) in [6, 6.07) is 9.71. The lowest BCUT2D eigenvalue weighted by Gasteiger charge is -2.22. The van der Waals surface area contributed by atoms with Gasteiger partial charge in [-0.2, -0.15) is 0 Å². The molecular weight excluding hydrogens is 316 g/mol. The molecule has 4 heteroatoms. The molecule has 0 aliphatic carbocycles. The molecule has 2 aromatic carbocycles. The number of carbonyl (C=O) groups is 1. The van der Waals surface area contributed by atoms with Gasteiger partial charge in [-0.15, -0.1) is 6.58 Å². The van der Waals surface area contributed by atoms with Gasteiger partial charge in [0.05, 0.1) is 7.11 Å². The maximum Gasteiger partial charge on any atom is 0.185 e. The van der Waals surface area contributed by atoms with E-state index >= 15 is 0 Å². The van der Waals surface area contributed by atoms with Crippen LogP contribution in [-0.2, 0) is 5.41 Å². The van der Waals surface area contributed by atoms with Gasteiger partial charge in [-0.25, -0.2) is 0 Å². The second kappa shape index (κ2) is 7.26. The smallest absolute Gasteiger partial charge is 0.185 e. The third-order valence-corrected chi connectivity index (χ3v) is 4.14. The molecule has 0 amide bonds. The molecule has 0 saturated carbocycles. The highest BCUT2D eigenvalue weighted by atomic mass is 16.5. The van der Waals surface area contributed by atoms with Gasteiger partial charge in [-0.1, -0.05) is 19.9 Å². The normalized spacial score (nSPS) is 11.5. The van der Waals surface area contributed by atoms with E-state index in [-0.39, 0.29) is 17.3 Å². The summed E-state index contributed by atoms with van der Waals surface area (Å²) in [5, 5.41) is 20.1. The van der Waals surface area contributed by atoms with Crippen LogP contribution in [0.25, 0.3) is 6.08 Å². The average molecular weight is 338 g/mol. The standard InChI is InChI=1S/C21H22O4/c1-5-21(2,3)17-12-15(19(23)13-20(17)24)8-11-18(22)14-6-9-16(25-4)10-7-14/h5-13,23-24H,1H2,2-4H3/b11-8+. The van der Waals surface area contributed by atoms with E-state index < -0.39 is 5.41 Å². The summed E-state index contributed by atoms with van der Waals surface area (Å²) in [6.07, 6.45) is 4.64. The number of phenolic OH excluding ortho intramolecular Hbond substituents is 2. The third-order valence-electron chi connectivity index (χ3n) is 4.14. The predicted octanol–water partition coefficient (Wildman–Crippen LogP) is 4.47. The van der Waals surface area contributed by atoms with Gasteiger partial charge < -0.3 is 14.9 Å². The lowest BCUT2D eigenvalue weighted by Crippen LogP contribution is -2.13. The molecule has 25 heavy (non-hydrogen) atoms. The number of carbonyl (C=O) groups excluding carboxylic acids is 1. The Balaban J connectivity index is 2.32. The minimum Gasteiger partial charge on any atom is -0.507 e. The Morgan fingerprint density at radius 3 is 2.32 bits per heavy atom. The first-order valence-corrected chi connectivity index (χ1v) is 7.85. The van der Waals surface area contributed by atoms with E-state index in [0.29, 0.717) is 22.4 Å². The molecule has 0 spiro atoms. The van der Waals surface area contributed by atoms with E-state index in [4.69, 9.17) is 4.74 Å². The van der Waals surface area contributed by atoms with E-state index in [1.165, 1.54) is 18.2 Å². The monoisotopic (exact) mass is 338 g/mol. The molecule has 0 heterocycles. The molecule has 130 valence electrons. The Labute approximate surface area is 147 Å². The molecule has 0 radical (unpaired) electrons. The molecule has 4 nitrogen and oxygen atoms in total. The third kappa shape index (κ3) is 4.10. The number of methoxy groups -OCH3 is 1. The molecule has 0 bridgehead atoms. The number of rotatable bonds is 6. The van der Waals surface area contributed by atoms with Crippen molar-refractivity contribution in [2.45, 2.75) is 19.3 Å². The van der Waals surface area contributed by atoms with Gasteiger partial charge in [0.2, 0.25) is 0 Å². The molecule has 2 rings (SSSR count). The first-order valence-electron chi connectivity index (χ1n) is 7.85. The van der Waals surface area contributed by atoms with Crippen LogP contribution in [0.4, 0.5) is 0 Å². The summed E-state index contributed by atoms with van der Waals surface area (Å²) in [5.74, 6) is 0.369. The van der Waals surface area contributed by atoms with Crippen LogP contribution in [0.15, 0.2) is 55.1 Å². The zero-order valence-corrected chi connectivity index (χ0v) is 14.6. The van der Waals surface area contributed by atoms with Crippen molar-refractivity contribution in [3.63, 3.8) is 0 Å². The van der Waals surface area contributed by atoms with Crippen molar-refractivity contribution in [2.75, 3.05) is 7.11 Å². The van der Waals surface area contributed by atoms with Crippen LogP contribution < -0.4 is 4.74 Å². The van der Waals surface area contributed by atoms with Crippen molar-refractivity contribution in [1.29, 1.82) is 0 Å². The van der Waals surface area contributed by atoms with Crippen LogP contribution in [0.2, 0.25) is 0 Å². The van der Waals surface area contributed by atoms with Crippen LogP contribution in [0.3, 0.4) is 0 Å². The zero-order valence-electron chi connectivity index (χ0n) is 14.6. The maximum atomic E-state index is 12.3. The van der Waals surface area contributed by atoms with E-state index in [0.717, 1.165) is 0 Å². The highest BCUT2D eigenvalue weighted by Gasteiger charge is 2.21. The van der Waals surface area contributed by atoms with Crippen LogP contribution in [-0.4, -0.2) is 23.1 Å². The van der Waals surface area contributed by atoms with Crippen molar-refractivity contribution < 1.29 is 19.7 Å². The molecule has 0 aliphatic rings. The first kappa shape index (κ1) is 18.3. The summed E-state index contributed by atoms with van der Waals surface area (Å²) in [7, 11) is 1.56. The highest BCUT2D eigenvalue weighted by molar-refractivity contribution is 6.07. The van der Waals surface area contributed by atoms with Crippen molar-refractivity contribution >= 4 is 11.9 Å². The molecule has 0 unspecified atom stereocenters. The lowest BCUT2D eigenvalue weighted by molar-refractivity contribution is 0.104. The number of ketones is 1. The molecule has 0 fully saturated rings. The zero-order chi connectivity index (χ0) is 18.6. The second-order valence-electron chi connectivity index (χ2n) is 6.28. The number of allylic oxidation sites excluding steroid dienone is 2. The Morgan fingerprint density at radius 2 is 1.76 bits per heavy atom. The van der Waals surface area contributed by atoms with Crippen LogP contribution in [0.5, 0.6) is 17.2 Å². The SMILES string of the molecule is C=CC(C)(C)c1cc(/C=C/C(=O)c2ccc(OC)cc2)c(O)cc1O. The highest BCUT2D eigenvalue weighted by Crippen LogP contribution is 2.36. The van der Waals surface area contributed by atoms with Crippen molar-refractivity contribution in [3.05, 3.63) is 71.8 Å². The molecule has 2 N–H and O–H groups in total. The Morgan fingerprint density at radius 1 is 1.12 bits per heavy atom. The number of phenols is 2. The van der Waals surface area contributed by atoms with Crippen LogP contribution in [0.1, 0.15) is 35.3 Å². The van der Waals surface area contributed by atoms with Crippen molar-refractivity contribution in [1.82, 2.24) is 0 Å². The Kier molecular flexibility index (Phi) is 5.32. The molecule has 2 aromatic rings. The Bertz CT molecular complexity index is 815. The molecular formula is C21H22O4. The van der Waals surface area contributed by atoms with Crippen molar-refractivity contribution in [3.8, 4) is 17.2 Å². The predicted molar refractivity (Wildman–Crippen MR) is 99.4 cm³/mol. The molecule has 0 saturated heterocycles. The Hall–Kier alpha value is -3.01. The largest absolute Gasteiger partial charge is 0.507 e. The van der Waals surface area contributed by atoms with E-state index in [1.54, 1.807) is 43.5 Å². The van der Waals surface area contributed by atoms with Crippen LogP contribution in [0, 0.1) is 0 Å². The van der Waals surface area contributed by atoms with Gasteiger partial charge in [0, 0.05) is 28.2 Å². The van der Waals surface area contributed by atoms with E-state index in [2.05, 4.69) is 6.58 Å². The summed E-state index contributed by atoms with van der Waals surface area (Å²) >= 11 is 0. The average Bonchev–Trinajstić information content (AvgIpc) is 2.60. The summed E-state index contributed by atoms with van der Waals surface area (Å²) in [5.41, 5.74) is 1.11. The summed E-state index contributed by atoms with van der Waals surface area (Å²) < 4.78 is 5.07. The van der Waals surface area contributed by atoms with Gasteiger partial charge in [-0.3, -0.25) is 4.79 Å². The molecule has 0 aromatic heterocycles. The van der Waals surface area contributed by atoms with Gasteiger partial charge in [0.25, 0.3) is 0 Å². The van der Waals surface area contributed by atoms with Crippen molar-refractivity contribution in [2.24, 2.45) is 0 Å². The lowest BCUT2D eigenvalue weighted by atomic mass is 9.83. The summed E-state index contributed by atoms with van der Waals surface area (Å²) in [6.45, 7) is 7.58. The fourth-order valence-corrected chi connectivity index (χ4v) is 2.37. The fourth-order valence-electron chi connectivity index (χ4n) is 2.37. The molecule has 0 aliphatic heterocycles. The number of hydrogen-bond acceptors (Lipinski definition) is 4. The van der Waals surface area contributed by atoms with Gasteiger partial charge >= 0.3 is 0 Å². The topological polar surface area (TPSA) is 66.8 Å². The quantitative estimate of drug-likeness (QED) is 0.463. The first-order chi connectivity index (χ1) is 11.8. The minimum atomic E-state index is -0.472. The molecule has 0 atom stereocenters. The number of aromatic hydroxyl groups is 2. The van der Waals surface area contributed by atoms with E-state index in [9.17, 15) is 15.0 Å². The fraction of sp³-hybridized carbons (Fsp3) is 0.190. The maximum absolute atomic E-state index is 12.3. The number of hydrogen-bond donors (Lipinski definition) is 2.